The first-order valence-corrected chi connectivity index (χ1v) is 5.53. The second-order valence-electron chi connectivity index (χ2n) is 4.24. The van der Waals surface area contributed by atoms with Crippen molar-refractivity contribution in [1.82, 2.24) is 5.32 Å². The molecule has 0 spiro atoms. The first kappa shape index (κ1) is 12.8. The van der Waals surface area contributed by atoms with Gasteiger partial charge < -0.3 is 11.1 Å². The molecular formula is C10H19F3N2. The van der Waals surface area contributed by atoms with Crippen molar-refractivity contribution in [3.63, 3.8) is 0 Å². The molecule has 1 fully saturated rings. The van der Waals surface area contributed by atoms with Gasteiger partial charge >= 0.3 is 6.18 Å². The van der Waals surface area contributed by atoms with E-state index in [0.717, 1.165) is 25.7 Å². The second kappa shape index (κ2) is 5.70. The first-order chi connectivity index (χ1) is 7.03. The molecule has 0 saturated heterocycles. The maximum absolute atomic E-state index is 12.0. The molecule has 1 unspecified atom stereocenters. The first-order valence-electron chi connectivity index (χ1n) is 5.53. The van der Waals surface area contributed by atoms with Gasteiger partial charge in [-0.1, -0.05) is 19.3 Å². The number of nitrogens with two attached hydrogens (primary N) is 1. The Balaban J connectivity index is 2.34. The number of rotatable bonds is 4. The Labute approximate surface area is 88.4 Å². The third-order valence-corrected chi connectivity index (χ3v) is 3.04. The van der Waals surface area contributed by atoms with Crippen molar-refractivity contribution in [1.29, 1.82) is 0 Å². The molecule has 0 aromatic heterocycles. The Morgan fingerprint density at radius 1 is 1.20 bits per heavy atom. The minimum atomic E-state index is -4.14. The SMILES string of the molecule is NCC(NCC(F)(F)F)C1CCCCC1. The summed E-state index contributed by atoms with van der Waals surface area (Å²) in [5.74, 6) is 0.325. The minimum Gasteiger partial charge on any atom is -0.329 e. The van der Waals surface area contributed by atoms with Gasteiger partial charge in [0, 0.05) is 12.6 Å². The molecule has 2 nitrogen and oxygen atoms in total. The Morgan fingerprint density at radius 3 is 2.27 bits per heavy atom. The summed E-state index contributed by atoms with van der Waals surface area (Å²) in [6.45, 7) is -0.633. The molecule has 1 rings (SSSR count). The maximum Gasteiger partial charge on any atom is 0.401 e. The van der Waals surface area contributed by atoms with Gasteiger partial charge in [0.05, 0.1) is 6.54 Å². The fraction of sp³-hybridized carbons (Fsp3) is 1.00. The van der Waals surface area contributed by atoms with Crippen molar-refractivity contribution in [3.8, 4) is 0 Å². The monoisotopic (exact) mass is 224 g/mol. The van der Waals surface area contributed by atoms with Gasteiger partial charge in [-0.2, -0.15) is 13.2 Å². The standard InChI is InChI=1S/C10H19F3N2/c11-10(12,13)7-15-9(6-14)8-4-2-1-3-5-8/h8-9,15H,1-7,14H2. The highest BCUT2D eigenvalue weighted by atomic mass is 19.4. The summed E-state index contributed by atoms with van der Waals surface area (Å²) < 4.78 is 36.0. The average molecular weight is 224 g/mol. The summed E-state index contributed by atoms with van der Waals surface area (Å²) in [7, 11) is 0. The summed E-state index contributed by atoms with van der Waals surface area (Å²) >= 11 is 0. The fourth-order valence-electron chi connectivity index (χ4n) is 2.23. The van der Waals surface area contributed by atoms with E-state index < -0.39 is 12.7 Å². The molecule has 3 N–H and O–H groups in total. The molecule has 5 heteroatoms. The predicted octanol–water partition coefficient (Wildman–Crippen LogP) is 2.05. The quantitative estimate of drug-likeness (QED) is 0.767. The van der Waals surface area contributed by atoms with E-state index in [9.17, 15) is 13.2 Å². The van der Waals surface area contributed by atoms with E-state index in [0.29, 0.717) is 12.5 Å². The minimum absolute atomic E-state index is 0.174. The van der Waals surface area contributed by atoms with Crippen molar-refractivity contribution in [2.24, 2.45) is 11.7 Å². The van der Waals surface area contributed by atoms with Gasteiger partial charge in [-0.05, 0) is 18.8 Å². The van der Waals surface area contributed by atoms with Gasteiger partial charge in [0.25, 0.3) is 0 Å². The van der Waals surface area contributed by atoms with Gasteiger partial charge in [0.1, 0.15) is 0 Å². The van der Waals surface area contributed by atoms with Crippen molar-refractivity contribution in [2.45, 2.75) is 44.3 Å². The Morgan fingerprint density at radius 2 is 1.80 bits per heavy atom. The van der Waals surface area contributed by atoms with Crippen LogP contribution in [-0.2, 0) is 0 Å². The molecule has 1 atom stereocenters. The largest absolute Gasteiger partial charge is 0.401 e. The zero-order valence-electron chi connectivity index (χ0n) is 8.82. The van der Waals surface area contributed by atoms with E-state index in [1.165, 1.54) is 6.42 Å². The summed E-state index contributed by atoms with van der Waals surface area (Å²) in [5, 5.41) is 2.53. The van der Waals surface area contributed by atoms with E-state index in [4.69, 9.17) is 5.73 Å². The number of alkyl halides is 3. The van der Waals surface area contributed by atoms with Crippen LogP contribution in [0.4, 0.5) is 13.2 Å². The predicted molar refractivity (Wildman–Crippen MR) is 53.5 cm³/mol. The van der Waals surface area contributed by atoms with Crippen LogP contribution >= 0.6 is 0 Å². The highest BCUT2D eigenvalue weighted by Gasteiger charge is 2.30. The number of hydrogen-bond donors (Lipinski definition) is 2. The Kier molecular flexibility index (Phi) is 4.86. The molecular weight excluding hydrogens is 205 g/mol. The molecule has 1 aliphatic carbocycles. The zero-order valence-corrected chi connectivity index (χ0v) is 8.82. The molecule has 0 bridgehead atoms. The van der Waals surface area contributed by atoms with Crippen LogP contribution in [0.1, 0.15) is 32.1 Å². The molecule has 15 heavy (non-hydrogen) atoms. The fourth-order valence-corrected chi connectivity index (χ4v) is 2.23. The normalized spacial score (nSPS) is 21.6. The van der Waals surface area contributed by atoms with Crippen LogP contribution in [0.5, 0.6) is 0 Å². The van der Waals surface area contributed by atoms with Crippen molar-refractivity contribution < 1.29 is 13.2 Å². The van der Waals surface area contributed by atoms with E-state index >= 15 is 0 Å². The maximum atomic E-state index is 12.0. The lowest BCUT2D eigenvalue weighted by Gasteiger charge is -2.30. The molecule has 1 saturated carbocycles. The lowest BCUT2D eigenvalue weighted by Crippen LogP contribution is -2.46. The van der Waals surface area contributed by atoms with Crippen LogP contribution < -0.4 is 11.1 Å². The van der Waals surface area contributed by atoms with Crippen LogP contribution in [0, 0.1) is 5.92 Å². The molecule has 0 aromatic carbocycles. The smallest absolute Gasteiger partial charge is 0.329 e. The summed E-state index contributed by atoms with van der Waals surface area (Å²) in [5.41, 5.74) is 5.50. The number of halogens is 3. The van der Waals surface area contributed by atoms with Crippen molar-refractivity contribution >= 4 is 0 Å². The lowest BCUT2D eigenvalue weighted by molar-refractivity contribution is -0.127. The summed E-state index contributed by atoms with van der Waals surface area (Å²) in [6.07, 6.45) is 1.32. The third kappa shape index (κ3) is 4.84. The van der Waals surface area contributed by atoms with Gasteiger partial charge in [0.2, 0.25) is 0 Å². The highest BCUT2D eigenvalue weighted by Crippen LogP contribution is 2.26. The molecule has 0 radical (unpaired) electrons. The van der Waals surface area contributed by atoms with Gasteiger partial charge in [-0.3, -0.25) is 0 Å². The Bertz CT molecular complexity index is 176. The molecule has 0 heterocycles. The molecule has 0 amide bonds. The van der Waals surface area contributed by atoms with E-state index in [1.807, 2.05) is 0 Å². The van der Waals surface area contributed by atoms with Gasteiger partial charge in [0.15, 0.2) is 0 Å². The molecule has 1 aliphatic rings. The lowest BCUT2D eigenvalue weighted by atomic mass is 9.84. The Hall–Kier alpha value is -0.290. The summed E-state index contributed by atoms with van der Waals surface area (Å²) in [4.78, 5) is 0. The third-order valence-electron chi connectivity index (χ3n) is 3.04. The van der Waals surface area contributed by atoms with Crippen LogP contribution in [-0.4, -0.2) is 25.3 Å². The number of nitrogens with one attached hydrogen (secondary N) is 1. The zero-order chi connectivity index (χ0) is 11.3. The van der Waals surface area contributed by atoms with Gasteiger partial charge in [-0.25, -0.2) is 0 Å². The van der Waals surface area contributed by atoms with Gasteiger partial charge in [-0.15, -0.1) is 0 Å². The highest BCUT2D eigenvalue weighted by molar-refractivity contribution is 4.80. The summed E-state index contributed by atoms with van der Waals surface area (Å²) in [6, 6.07) is -0.174. The van der Waals surface area contributed by atoms with Crippen molar-refractivity contribution in [2.75, 3.05) is 13.1 Å². The van der Waals surface area contributed by atoms with Crippen molar-refractivity contribution in [3.05, 3.63) is 0 Å². The average Bonchev–Trinajstić information content (AvgIpc) is 2.19. The topological polar surface area (TPSA) is 38.0 Å². The van der Waals surface area contributed by atoms with Crippen LogP contribution in [0.3, 0.4) is 0 Å². The second-order valence-corrected chi connectivity index (χ2v) is 4.24. The number of hydrogen-bond acceptors (Lipinski definition) is 2. The van der Waals surface area contributed by atoms with Crippen LogP contribution in [0.15, 0.2) is 0 Å². The van der Waals surface area contributed by atoms with Crippen LogP contribution in [0.2, 0.25) is 0 Å². The molecule has 0 aliphatic heterocycles. The molecule has 90 valence electrons. The van der Waals surface area contributed by atoms with E-state index in [1.54, 1.807) is 0 Å². The van der Waals surface area contributed by atoms with Crippen LogP contribution in [0.25, 0.3) is 0 Å². The molecule has 0 aromatic rings. The van der Waals surface area contributed by atoms with E-state index in [2.05, 4.69) is 5.32 Å². The van der Waals surface area contributed by atoms with E-state index in [-0.39, 0.29) is 6.04 Å².